The molecule has 0 bridgehead atoms. The molecule has 0 aromatic heterocycles. The Hall–Kier alpha value is 1.21. The predicted molar refractivity (Wildman–Crippen MR) is 21.3 cm³/mol. The van der Waals surface area contributed by atoms with Gasteiger partial charge in [-0.1, -0.05) is 6.92 Å². The van der Waals surface area contributed by atoms with Crippen molar-refractivity contribution < 1.29 is 41.5 Å². The summed E-state index contributed by atoms with van der Waals surface area (Å²) in [6, 6.07) is 0. The topological polar surface area (TPSA) is 37.3 Å². The fourth-order valence-corrected chi connectivity index (χ4v) is 0. The minimum absolute atomic E-state index is 0. The van der Waals surface area contributed by atoms with E-state index >= 15 is 0 Å². The van der Waals surface area contributed by atoms with E-state index in [4.69, 9.17) is 4.55 Å². The molecule has 0 spiro atoms. The van der Waals surface area contributed by atoms with Gasteiger partial charge >= 0.3 is 0 Å². The maximum Gasteiger partial charge on any atom is 0.152 e. The Morgan fingerprint density at radius 3 is 2.00 bits per heavy atom. The Labute approximate surface area is 64.9 Å². The van der Waals surface area contributed by atoms with Crippen LogP contribution in [-0.4, -0.2) is 14.5 Å². The molecule has 1 radical (unpaired) electrons. The molecule has 6 heavy (non-hydrogen) atoms. The summed E-state index contributed by atoms with van der Waals surface area (Å²) in [6.45, 7) is 1.65. The summed E-state index contributed by atoms with van der Waals surface area (Å²) >= 11 is -1.57. The first kappa shape index (κ1) is 10.2. The van der Waals surface area contributed by atoms with Crippen LogP contribution in [0.2, 0.25) is 0 Å². The van der Waals surface area contributed by atoms with Crippen LogP contribution in [0.4, 0.5) is 0 Å². The summed E-state index contributed by atoms with van der Waals surface area (Å²) in [5.41, 5.74) is 0. The average molecular weight is 183 g/mol. The molecule has 0 aromatic rings. The van der Waals surface area contributed by atoms with Crippen LogP contribution in [0, 0.1) is 0 Å². The van der Waals surface area contributed by atoms with Crippen LogP contribution in [0.25, 0.3) is 0 Å². The SMILES string of the molecule is CCS(=O)O.[Y]. The third kappa shape index (κ3) is 8.96. The summed E-state index contributed by atoms with van der Waals surface area (Å²) in [5.74, 6) is 0.333. The Kier molecular flexibility index (Phi) is 10.6. The van der Waals surface area contributed by atoms with Crippen molar-refractivity contribution in [2.75, 3.05) is 5.75 Å². The minimum atomic E-state index is -1.57. The first-order valence-electron chi connectivity index (χ1n) is 1.35. The van der Waals surface area contributed by atoms with E-state index in [2.05, 4.69) is 0 Å². The number of hydrogen-bond donors (Lipinski definition) is 1. The molecule has 2 nitrogen and oxygen atoms in total. The normalized spacial score (nSPS) is 12.3. The maximum atomic E-state index is 9.48. The number of hydrogen-bond acceptors (Lipinski definition) is 1. The zero-order chi connectivity index (χ0) is 4.28. The molecule has 0 amide bonds. The molecule has 0 aliphatic carbocycles. The Balaban J connectivity index is 0. The van der Waals surface area contributed by atoms with E-state index in [-0.39, 0.29) is 32.7 Å². The maximum absolute atomic E-state index is 9.48. The summed E-state index contributed by atoms with van der Waals surface area (Å²) < 4.78 is 17.3. The van der Waals surface area contributed by atoms with Gasteiger partial charge in [-0.05, 0) is 0 Å². The predicted octanol–water partition coefficient (Wildman–Crippen LogP) is 0.226. The molecule has 1 atom stereocenters. The monoisotopic (exact) mass is 183 g/mol. The largest absolute Gasteiger partial charge is 0.306 e. The van der Waals surface area contributed by atoms with Crippen LogP contribution in [0.1, 0.15) is 6.92 Å². The van der Waals surface area contributed by atoms with E-state index in [1.165, 1.54) is 0 Å². The van der Waals surface area contributed by atoms with Gasteiger partial charge in [0, 0.05) is 38.5 Å². The zero-order valence-corrected chi connectivity index (χ0v) is 7.20. The third-order valence-electron chi connectivity index (χ3n) is 0.247. The molecule has 1 N–H and O–H groups in total. The van der Waals surface area contributed by atoms with Crippen LogP contribution in [-0.2, 0) is 43.8 Å². The van der Waals surface area contributed by atoms with E-state index in [9.17, 15) is 4.21 Å². The Bertz CT molecular complexity index is 46.8. The van der Waals surface area contributed by atoms with E-state index in [0.717, 1.165) is 0 Å². The molecule has 4 heteroatoms. The first-order chi connectivity index (χ1) is 2.27. The van der Waals surface area contributed by atoms with Crippen molar-refractivity contribution >= 4 is 11.1 Å². The molecular weight excluding hydrogens is 177 g/mol. The molecule has 0 saturated heterocycles. The fraction of sp³-hybridized carbons (Fsp3) is 1.00. The zero-order valence-electron chi connectivity index (χ0n) is 3.55. The molecule has 0 aromatic carbocycles. The summed E-state index contributed by atoms with van der Waals surface area (Å²) in [4.78, 5) is 0. The van der Waals surface area contributed by atoms with Crippen LogP contribution in [0.5, 0.6) is 0 Å². The molecule has 0 fully saturated rings. The van der Waals surface area contributed by atoms with Crippen molar-refractivity contribution in [1.29, 1.82) is 0 Å². The molecule has 1 unspecified atom stereocenters. The second-order valence-electron chi connectivity index (χ2n) is 0.610. The van der Waals surface area contributed by atoms with Gasteiger partial charge < -0.3 is 4.55 Å². The average Bonchev–Trinajstić information content (AvgIpc) is 1.38. The Morgan fingerprint density at radius 2 is 2.00 bits per heavy atom. The molecule has 35 valence electrons. The van der Waals surface area contributed by atoms with E-state index in [0.29, 0.717) is 5.75 Å². The molecule has 0 aliphatic rings. The fourth-order valence-electron chi connectivity index (χ4n) is 0. The quantitative estimate of drug-likeness (QED) is 0.590. The van der Waals surface area contributed by atoms with Crippen LogP contribution in [0.15, 0.2) is 0 Å². The van der Waals surface area contributed by atoms with Crippen molar-refractivity contribution in [2.24, 2.45) is 0 Å². The van der Waals surface area contributed by atoms with Gasteiger partial charge in [-0.3, -0.25) is 0 Å². The van der Waals surface area contributed by atoms with Crippen LogP contribution >= 0.6 is 0 Å². The van der Waals surface area contributed by atoms with Crippen LogP contribution in [0.3, 0.4) is 0 Å². The minimum Gasteiger partial charge on any atom is -0.306 e. The van der Waals surface area contributed by atoms with E-state index in [1.54, 1.807) is 6.92 Å². The van der Waals surface area contributed by atoms with E-state index < -0.39 is 11.1 Å². The van der Waals surface area contributed by atoms with Gasteiger partial charge in [0.05, 0.1) is 0 Å². The standard InChI is InChI=1S/C2H6O2S.Y/c1-2-5(3)4;/h2H2,1H3,(H,3,4);. The summed E-state index contributed by atoms with van der Waals surface area (Å²) in [7, 11) is 0. The van der Waals surface area contributed by atoms with Crippen molar-refractivity contribution in [3.05, 3.63) is 0 Å². The van der Waals surface area contributed by atoms with Gasteiger partial charge in [0.2, 0.25) is 0 Å². The van der Waals surface area contributed by atoms with Gasteiger partial charge in [0.15, 0.2) is 11.1 Å². The van der Waals surface area contributed by atoms with Gasteiger partial charge in [-0.15, -0.1) is 0 Å². The van der Waals surface area contributed by atoms with Gasteiger partial charge in [-0.2, -0.15) is 0 Å². The molecule has 0 saturated carbocycles. The first-order valence-corrected chi connectivity index (χ1v) is 2.62. The van der Waals surface area contributed by atoms with Gasteiger partial charge in [0.25, 0.3) is 0 Å². The molecular formula is C2H6O2SY. The van der Waals surface area contributed by atoms with Gasteiger partial charge in [-0.25, -0.2) is 4.21 Å². The molecule has 0 aliphatic heterocycles. The summed E-state index contributed by atoms with van der Waals surface area (Å²) in [6.07, 6.45) is 0. The van der Waals surface area contributed by atoms with Crippen molar-refractivity contribution in [3.63, 3.8) is 0 Å². The molecule has 0 heterocycles. The second kappa shape index (κ2) is 6.21. The Morgan fingerprint density at radius 1 is 1.83 bits per heavy atom. The van der Waals surface area contributed by atoms with Crippen molar-refractivity contribution in [2.45, 2.75) is 6.92 Å². The van der Waals surface area contributed by atoms with Gasteiger partial charge in [0.1, 0.15) is 0 Å². The molecule has 0 rings (SSSR count). The second-order valence-corrected chi connectivity index (χ2v) is 1.83. The smallest absolute Gasteiger partial charge is 0.152 e. The van der Waals surface area contributed by atoms with Crippen LogP contribution < -0.4 is 0 Å². The summed E-state index contributed by atoms with van der Waals surface area (Å²) in [5, 5.41) is 0. The van der Waals surface area contributed by atoms with E-state index in [1.807, 2.05) is 0 Å². The van der Waals surface area contributed by atoms with Crippen molar-refractivity contribution in [1.82, 2.24) is 0 Å². The number of rotatable bonds is 1. The third-order valence-corrected chi connectivity index (χ3v) is 0.741. The van der Waals surface area contributed by atoms with Crippen molar-refractivity contribution in [3.8, 4) is 0 Å².